The number of nitrogens with one attached hydrogen (secondary N) is 1. The number of benzene rings is 1. The highest BCUT2D eigenvalue weighted by Gasteiger charge is 2.33. The van der Waals surface area contributed by atoms with Gasteiger partial charge in [-0.15, -0.1) is 0 Å². The van der Waals surface area contributed by atoms with Crippen molar-refractivity contribution in [2.24, 2.45) is 5.92 Å². The summed E-state index contributed by atoms with van der Waals surface area (Å²) in [5, 5.41) is 3.07. The normalized spacial score (nSPS) is 19.3. The fourth-order valence-electron chi connectivity index (χ4n) is 3.18. The number of ketones is 2. The molecule has 1 fully saturated rings. The minimum Gasteiger partial charge on any atom is -0.349 e. The average molecular weight is 337 g/mol. The fourth-order valence-corrected chi connectivity index (χ4v) is 3.18. The van der Waals surface area contributed by atoms with Crippen LogP contribution in [0.4, 0.5) is 0 Å². The van der Waals surface area contributed by atoms with Gasteiger partial charge in [0.2, 0.25) is 5.91 Å². The molecule has 0 saturated heterocycles. The van der Waals surface area contributed by atoms with Gasteiger partial charge in [-0.25, -0.2) is 0 Å². The summed E-state index contributed by atoms with van der Waals surface area (Å²) in [5.41, 5.74) is 2.98. The van der Waals surface area contributed by atoms with E-state index in [0.717, 1.165) is 18.4 Å². The number of amides is 1. The van der Waals surface area contributed by atoms with Gasteiger partial charge in [-0.1, -0.05) is 30.3 Å². The molecule has 0 bridgehead atoms. The molecule has 2 aliphatic rings. The Hall–Kier alpha value is -2.49. The molecule has 4 heteroatoms. The fraction of sp³-hybridized carbons (Fsp3) is 0.381. The Kier molecular flexibility index (Phi) is 4.71. The summed E-state index contributed by atoms with van der Waals surface area (Å²) in [6, 6.07) is 9.32. The van der Waals surface area contributed by atoms with E-state index >= 15 is 0 Å². The van der Waals surface area contributed by atoms with Gasteiger partial charge in [-0.3, -0.25) is 14.4 Å². The molecule has 0 radical (unpaired) electrons. The number of rotatable bonds is 5. The summed E-state index contributed by atoms with van der Waals surface area (Å²) in [4.78, 5) is 37.4. The first-order valence-corrected chi connectivity index (χ1v) is 8.72. The van der Waals surface area contributed by atoms with Crippen molar-refractivity contribution in [1.29, 1.82) is 0 Å². The highest BCUT2D eigenvalue weighted by atomic mass is 16.2. The molecule has 4 nitrogen and oxygen atoms in total. The van der Waals surface area contributed by atoms with Crippen LogP contribution in [0.2, 0.25) is 0 Å². The van der Waals surface area contributed by atoms with Crippen LogP contribution >= 0.6 is 0 Å². The van der Waals surface area contributed by atoms with Gasteiger partial charge in [-0.2, -0.15) is 0 Å². The van der Waals surface area contributed by atoms with E-state index in [0.29, 0.717) is 28.7 Å². The first kappa shape index (κ1) is 17.3. The van der Waals surface area contributed by atoms with Crippen LogP contribution in [-0.4, -0.2) is 17.5 Å². The van der Waals surface area contributed by atoms with Crippen LogP contribution in [0, 0.1) is 5.92 Å². The molecule has 0 heterocycles. The standard InChI is InChI=1S/C21H23NO3/c1-12-13(2)20(24)17(14(3)19(12)23)11-18(15-7-5-4-6-8-15)22-21(25)16-9-10-16/h4-8,16,18H,9-11H2,1-3H3,(H,22,25). The molecule has 2 aliphatic carbocycles. The van der Waals surface area contributed by atoms with Gasteiger partial charge in [-0.05, 0) is 39.2 Å². The highest BCUT2D eigenvalue weighted by Crippen LogP contribution is 2.33. The first-order chi connectivity index (χ1) is 11.9. The minimum absolute atomic E-state index is 0.0325. The smallest absolute Gasteiger partial charge is 0.223 e. The molecule has 0 spiro atoms. The van der Waals surface area contributed by atoms with E-state index in [9.17, 15) is 14.4 Å². The van der Waals surface area contributed by atoms with E-state index in [-0.39, 0.29) is 29.4 Å². The van der Waals surface area contributed by atoms with Crippen LogP contribution in [0.25, 0.3) is 0 Å². The average Bonchev–Trinajstić information content (AvgIpc) is 3.47. The number of Topliss-reactive ketones (excluding diaryl/α,β-unsaturated/α-hetero) is 2. The second-order valence-corrected chi connectivity index (χ2v) is 6.96. The van der Waals surface area contributed by atoms with Gasteiger partial charge in [0.1, 0.15) is 0 Å². The van der Waals surface area contributed by atoms with Crippen molar-refractivity contribution in [2.45, 2.75) is 46.1 Å². The molecule has 1 aromatic carbocycles. The second-order valence-electron chi connectivity index (χ2n) is 6.96. The number of hydrogen-bond acceptors (Lipinski definition) is 3. The van der Waals surface area contributed by atoms with E-state index < -0.39 is 0 Å². The largest absolute Gasteiger partial charge is 0.349 e. The Labute approximate surface area is 148 Å². The molecular weight excluding hydrogens is 314 g/mol. The maximum atomic E-state index is 12.7. The number of allylic oxidation sites excluding steroid dienone is 3. The summed E-state index contributed by atoms with van der Waals surface area (Å²) in [7, 11) is 0. The zero-order valence-electron chi connectivity index (χ0n) is 14.9. The molecule has 1 aromatic rings. The molecule has 0 aromatic heterocycles. The van der Waals surface area contributed by atoms with Crippen molar-refractivity contribution >= 4 is 17.5 Å². The van der Waals surface area contributed by atoms with Gasteiger partial charge in [0.25, 0.3) is 0 Å². The van der Waals surface area contributed by atoms with E-state index in [1.54, 1.807) is 20.8 Å². The molecule has 1 saturated carbocycles. The van der Waals surface area contributed by atoms with Crippen LogP contribution < -0.4 is 5.32 Å². The van der Waals surface area contributed by atoms with Crippen molar-refractivity contribution < 1.29 is 14.4 Å². The topological polar surface area (TPSA) is 63.2 Å². The Bertz CT molecular complexity index is 798. The van der Waals surface area contributed by atoms with Crippen LogP contribution in [0.5, 0.6) is 0 Å². The van der Waals surface area contributed by atoms with Gasteiger partial charge < -0.3 is 5.32 Å². The van der Waals surface area contributed by atoms with E-state index in [1.165, 1.54) is 0 Å². The lowest BCUT2D eigenvalue weighted by Crippen LogP contribution is -2.32. The Balaban J connectivity index is 1.90. The van der Waals surface area contributed by atoms with Crippen molar-refractivity contribution in [2.75, 3.05) is 0 Å². The van der Waals surface area contributed by atoms with E-state index in [2.05, 4.69) is 5.32 Å². The third-order valence-corrected chi connectivity index (χ3v) is 5.19. The van der Waals surface area contributed by atoms with Crippen molar-refractivity contribution in [3.63, 3.8) is 0 Å². The maximum absolute atomic E-state index is 12.7. The minimum atomic E-state index is -0.304. The summed E-state index contributed by atoms with van der Waals surface area (Å²) in [5.74, 6) is -0.0392. The Morgan fingerprint density at radius 2 is 1.60 bits per heavy atom. The number of hydrogen-bond donors (Lipinski definition) is 1. The van der Waals surface area contributed by atoms with Gasteiger partial charge in [0.05, 0.1) is 6.04 Å². The third-order valence-electron chi connectivity index (χ3n) is 5.19. The second kappa shape index (κ2) is 6.79. The molecule has 130 valence electrons. The number of carbonyl (C=O) groups is 3. The van der Waals surface area contributed by atoms with Crippen molar-refractivity contribution in [3.8, 4) is 0 Å². The Morgan fingerprint density at radius 1 is 1.00 bits per heavy atom. The lowest BCUT2D eigenvalue weighted by Gasteiger charge is -2.24. The number of carbonyl (C=O) groups excluding carboxylic acids is 3. The summed E-state index contributed by atoms with van der Waals surface area (Å²) in [6.45, 7) is 5.10. The molecule has 1 atom stereocenters. The molecule has 1 amide bonds. The zero-order valence-corrected chi connectivity index (χ0v) is 14.9. The summed E-state index contributed by atoms with van der Waals surface area (Å²) in [6.07, 6.45) is 2.19. The first-order valence-electron chi connectivity index (χ1n) is 8.72. The van der Waals surface area contributed by atoms with Crippen LogP contribution in [0.15, 0.2) is 52.6 Å². The molecule has 25 heavy (non-hydrogen) atoms. The van der Waals surface area contributed by atoms with Gasteiger partial charge in [0, 0.05) is 34.6 Å². The van der Waals surface area contributed by atoms with Crippen LogP contribution in [-0.2, 0) is 14.4 Å². The third kappa shape index (κ3) is 3.48. The maximum Gasteiger partial charge on any atom is 0.223 e. The van der Waals surface area contributed by atoms with Crippen molar-refractivity contribution in [3.05, 3.63) is 58.2 Å². The molecule has 1 unspecified atom stereocenters. The van der Waals surface area contributed by atoms with Crippen LogP contribution in [0.3, 0.4) is 0 Å². The molecular formula is C21H23NO3. The lowest BCUT2D eigenvalue weighted by molar-refractivity contribution is -0.123. The molecule has 3 rings (SSSR count). The summed E-state index contributed by atoms with van der Waals surface area (Å²) >= 11 is 0. The zero-order chi connectivity index (χ0) is 18.1. The quantitative estimate of drug-likeness (QED) is 0.837. The van der Waals surface area contributed by atoms with Crippen molar-refractivity contribution in [1.82, 2.24) is 5.32 Å². The lowest BCUT2D eigenvalue weighted by atomic mass is 9.82. The predicted octanol–water partition coefficient (Wildman–Crippen LogP) is 3.45. The molecule has 0 aliphatic heterocycles. The van der Waals surface area contributed by atoms with Gasteiger partial charge in [0.15, 0.2) is 11.6 Å². The Morgan fingerprint density at radius 3 is 2.20 bits per heavy atom. The van der Waals surface area contributed by atoms with E-state index in [1.807, 2.05) is 30.3 Å². The molecule has 1 N–H and O–H groups in total. The van der Waals surface area contributed by atoms with E-state index in [4.69, 9.17) is 0 Å². The highest BCUT2D eigenvalue weighted by molar-refractivity contribution is 6.24. The van der Waals surface area contributed by atoms with Gasteiger partial charge >= 0.3 is 0 Å². The van der Waals surface area contributed by atoms with Crippen LogP contribution in [0.1, 0.15) is 51.6 Å². The summed E-state index contributed by atoms with van der Waals surface area (Å²) < 4.78 is 0. The predicted molar refractivity (Wildman–Crippen MR) is 95.8 cm³/mol. The SMILES string of the molecule is CC1=C(C)C(=O)C(CC(NC(=O)C2CC2)c2ccccc2)=C(C)C1=O. The monoisotopic (exact) mass is 337 g/mol.